The molecular weight excluding hydrogens is 304 g/mol. The molecule has 140 valence electrons. The van der Waals surface area contributed by atoms with Crippen LogP contribution in [0.5, 0.6) is 0 Å². The summed E-state index contributed by atoms with van der Waals surface area (Å²) in [5.74, 6) is 1.01. The highest BCUT2D eigenvalue weighted by molar-refractivity contribution is 5.90. The van der Waals surface area contributed by atoms with Crippen LogP contribution in [0.15, 0.2) is 24.8 Å². The first-order chi connectivity index (χ1) is 11.8. The minimum absolute atomic E-state index is 0.00673. The lowest BCUT2D eigenvalue weighted by Gasteiger charge is -2.29. The SMILES string of the molecule is C=Cc1ccc(C(CC(CCC)CCC)C(=O)C(C)(C)C)cc1CC. The van der Waals surface area contributed by atoms with E-state index in [1.807, 2.05) is 6.08 Å². The number of hydrogen-bond acceptors (Lipinski definition) is 1. The van der Waals surface area contributed by atoms with Gasteiger partial charge >= 0.3 is 0 Å². The first-order valence-corrected chi connectivity index (χ1v) is 10.1. The van der Waals surface area contributed by atoms with Crippen molar-refractivity contribution in [1.29, 1.82) is 0 Å². The maximum Gasteiger partial charge on any atom is 0.145 e. The molecule has 0 saturated heterocycles. The average Bonchev–Trinajstić information content (AvgIpc) is 2.57. The molecule has 0 bridgehead atoms. The topological polar surface area (TPSA) is 17.1 Å². The number of carbonyl (C=O) groups is 1. The Bertz CT molecular complexity index is 556. The van der Waals surface area contributed by atoms with E-state index in [2.05, 4.69) is 66.3 Å². The second-order valence-electron chi connectivity index (χ2n) is 8.36. The molecular formula is C24H38O. The number of ketones is 1. The highest BCUT2D eigenvalue weighted by atomic mass is 16.1. The first kappa shape index (κ1) is 21.7. The molecule has 0 N–H and O–H groups in total. The van der Waals surface area contributed by atoms with Crippen molar-refractivity contribution in [3.63, 3.8) is 0 Å². The summed E-state index contributed by atoms with van der Waals surface area (Å²) in [6.45, 7) is 16.7. The van der Waals surface area contributed by atoms with Gasteiger partial charge in [0.25, 0.3) is 0 Å². The molecule has 0 aliphatic rings. The standard InChI is InChI=1S/C24H38O/c1-8-12-18(13-9-2)16-22(23(25)24(5,6)7)21-15-14-19(10-3)20(11-4)17-21/h10,14-15,17-18,22H,3,8-9,11-13,16H2,1-2,4-7H3. The van der Waals surface area contributed by atoms with E-state index in [4.69, 9.17) is 0 Å². The Hall–Kier alpha value is -1.37. The summed E-state index contributed by atoms with van der Waals surface area (Å²) in [5.41, 5.74) is 3.37. The second-order valence-corrected chi connectivity index (χ2v) is 8.36. The van der Waals surface area contributed by atoms with Crippen LogP contribution in [0.3, 0.4) is 0 Å². The van der Waals surface area contributed by atoms with Crippen LogP contribution in [0.4, 0.5) is 0 Å². The van der Waals surface area contributed by atoms with Crippen LogP contribution in [0.2, 0.25) is 0 Å². The van der Waals surface area contributed by atoms with E-state index in [1.54, 1.807) is 0 Å². The fourth-order valence-electron chi connectivity index (χ4n) is 3.79. The Balaban J connectivity index is 3.26. The fraction of sp³-hybridized carbons (Fsp3) is 0.625. The Morgan fingerprint density at radius 3 is 2.16 bits per heavy atom. The molecule has 1 nitrogen and oxygen atoms in total. The summed E-state index contributed by atoms with van der Waals surface area (Å²) in [7, 11) is 0. The van der Waals surface area contributed by atoms with Crippen molar-refractivity contribution in [3.8, 4) is 0 Å². The predicted molar refractivity (Wildman–Crippen MR) is 111 cm³/mol. The van der Waals surface area contributed by atoms with E-state index in [0.29, 0.717) is 11.7 Å². The van der Waals surface area contributed by atoms with E-state index in [0.717, 1.165) is 12.8 Å². The van der Waals surface area contributed by atoms with Gasteiger partial charge in [-0.1, -0.05) is 98.1 Å². The van der Waals surface area contributed by atoms with Gasteiger partial charge in [0.15, 0.2) is 0 Å². The molecule has 0 amide bonds. The zero-order chi connectivity index (χ0) is 19.0. The summed E-state index contributed by atoms with van der Waals surface area (Å²) in [5, 5.41) is 0. The number of carbonyl (C=O) groups excluding carboxylic acids is 1. The van der Waals surface area contributed by atoms with Crippen molar-refractivity contribution in [1.82, 2.24) is 0 Å². The highest BCUT2D eigenvalue weighted by Crippen LogP contribution is 2.36. The lowest BCUT2D eigenvalue weighted by molar-refractivity contribution is -0.128. The monoisotopic (exact) mass is 342 g/mol. The van der Waals surface area contributed by atoms with E-state index >= 15 is 0 Å². The van der Waals surface area contributed by atoms with Crippen LogP contribution >= 0.6 is 0 Å². The number of Topliss-reactive ketones (excluding diaryl/α,β-unsaturated/α-hetero) is 1. The van der Waals surface area contributed by atoms with Crippen LogP contribution in [-0.4, -0.2) is 5.78 Å². The minimum Gasteiger partial charge on any atom is -0.298 e. The van der Waals surface area contributed by atoms with Crippen molar-refractivity contribution >= 4 is 11.9 Å². The Morgan fingerprint density at radius 1 is 1.12 bits per heavy atom. The molecule has 0 heterocycles. The number of benzene rings is 1. The zero-order valence-corrected chi connectivity index (χ0v) is 17.3. The quantitative estimate of drug-likeness (QED) is 0.439. The van der Waals surface area contributed by atoms with Crippen molar-refractivity contribution in [3.05, 3.63) is 41.5 Å². The van der Waals surface area contributed by atoms with E-state index in [1.165, 1.54) is 42.4 Å². The van der Waals surface area contributed by atoms with E-state index < -0.39 is 0 Å². The maximum atomic E-state index is 13.2. The van der Waals surface area contributed by atoms with Gasteiger partial charge in [-0.2, -0.15) is 0 Å². The molecule has 0 spiro atoms. The molecule has 1 rings (SSSR count). The van der Waals surface area contributed by atoms with Crippen LogP contribution in [-0.2, 0) is 11.2 Å². The largest absolute Gasteiger partial charge is 0.298 e. The van der Waals surface area contributed by atoms with Crippen LogP contribution in [0.25, 0.3) is 6.08 Å². The fourth-order valence-corrected chi connectivity index (χ4v) is 3.79. The molecule has 1 aromatic rings. The summed E-state index contributed by atoms with van der Waals surface area (Å²) >= 11 is 0. The normalized spacial score (nSPS) is 13.1. The lowest BCUT2D eigenvalue weighted by atomic mass is 9.74. The summed E-state index contributed by atoms with van der Waals surface area (Å²) in [4.78, 5) is 13.2. The van der Waals surface area contributed by atoms with Crippen molar-refractivity contribution in [2.24, 2.45) is 11.3 Å². The van der Waals surface area contributed by atoms with Crippen molar-refractivity contribution in [2.45, 2.75) is 86.0 Å². The molecule has 0 radical (unpaired) electrons. The van der Waals surface area contributed by atoms with Gasteiger partial charge in [0.1, 0.15) is 5.78 Å². The lowest BCUT2D eigenvalue weighted by Crippen LogP contribution is -2.28. The smallest absolute Gasteiger partial charge is 0.145 e. The molecule has 1 aromatic carbocycles. The Morgan fingerprint density at radius 2 is 1.72 bits per heavy atom. The van der Waals surface area contributed by atoms with Gasteiger partial charge in [0.2, 0.25) is 0 Å². The molecule has 0 saturated carbocycles. The minimum atomic E-state index is -0.308. The molecule has 0 fully saturated rings. The van der Waals surface area contributed by atoms with Gasteiger partial charge in [-0.05, 0) is 35.4 Å². The maximum absolute atomic E-state index is 13.2. The van der Waals surface area contributed by atoms with Gasteiger partial charge in [0.05, 0.1) is 0 Å². The summed E-state index contributed by atoms with van der Waals surface area (Å²) < 4.78 is 0. The summed E-state index contributed by atoms with van der Waals surface area (Å²) in [6, 6.07) is 6.54. The average molecular weight is 343 g/mol. The third kappa shape index (κ3) is 6.13. The summed E-state index contributed by atoms with van der Waals surface area (Å²) in [6.07, 6.45) is 8.68. The van der Waals surface area contributed by atoms with Gasteiger partial charge in [-0.3, -0.25) is 4.79 Å². The van der Waals surface area contributed by atoms with E-state index in [9.17, 15) is 4.79 Å². The van der Waals surface area contributed by atoms with Crippen molar-refractivity contribution < 1.29 is 4.79 Å². The van der Waals surface area contributed by atoms with Gasteiger partial charge in [0, 0.05) is 11.3 Å². The number of hydrogen-bond donors (Lipinski definition) is 0. The zero-order valence-electron chi connectivity index (χ0n) is 17.3. The number of aryl methyl sites for hydroxylation is 1. The number of rotatable bonds is 10. The van der Waals surface area contributed by atoms with Crippen LogP contribution in [0.1, 0.15) is 96.3 Å². The Labute approximate surface area is 155 Å². The Kier molecular flexibility index (Phi) is 8.62. The molecule has 0 aliphatic heterocycles. The molecule has 1 atom stereocenters. The first-order valence-electron chi connectivity index (χ1n) is 10.1. The molecule has 0 aliphatic carbocycles. The van der Waals surface area contributed by atoms with Gasteiger partial charge in [-0.25, -0.2) is 0 Å². The van der Waals surface area contributed by atoms with Gasteiger partial charge < -0.3 is 0 Å². The molecule has 1 unspecified atom stereocenters. The molecule has 0 aromatic heterocycles. The van der Waals surface area contributed by atoms with E-state index in [-0.39, 0.29) is 11.3 Å². The second kappa shape index (κ2) is 9.94. The van der Waals surface area contributed by atoms with Crippen LogP contribution in [0, 0.1) is 11.3 Å². The van der Waals surface area contributed by atoms with Crippen molar-refractivity contribution in [2.75, 3.05) is 0 Å². The molecule has 25 heavy (non-hydrogen) atoms. The molecule has 1 heteroatoms. The highest BCUT2D eigenvalue weighted by Gasteiger charge is 2.32. The third-order valence-electron chi connectivity index (χ3n) is 5.19. The predicted octanol–water partition coefficient (Wildman–Crippen LogP) is 7.20. The van der Waals surface area contributed by atoms with Gasteiger partial charge in [-0.15, -0.1) is 0 Å². The van der Waals surface area contributed by atoms with Crippen LogP contribution < -0.4 is 0 Å². The third-order valence-corrected chi connectivity index (χ3v) is 5.19.